The van der Waals surface area contributed by atoms with Crippen LogP contribution in [-0.2, 0) is 11.4 Å². The molecule has 42 heavy (non-hydrogen) atoms. The molecule has 0 saturated carbocycles. The Morgan fingerprint density at radius 1 is 0.929 bits per heavy atom. The van der Waals surface area contributed by atoms with E-state index in [-0.39, 0.29) is 11.9 Å². The minimum absolute atomic E-state index is 0.108. The van der Waals surface area contributed by atoms with Gasteiger partial charge in [-0.3, -0.25) is 9.69 Å². The fourth-order valence-electron chi connectivity index (χ4n) is 4.75. The van der Waals surface area contributed by atoms with Crippen LogP contribution >= 0.6 is 35.6 Å². The van der Waals surface area contributed by atoms with Crippen molar-refractivity contribution in [3.05, 3.63) is 142 Å². The van der Waals surface area contributed by atoms with E-state index in [0.29, 0.717) is 20.9 Å². The number of hydrogen-bond donors (Lipinski definition) is 0. The standard InChI is InChI=1S/C34H26ClN3O2S2/c1-23(24-10-4-2-5-11-24)38-33(39)31(42-34(38)41)20-27-21-37(28-13-6-3-7-14-28)36-32(27)25-16-18-29(19-17-25)40-22-26-12-8-9-15-30(26)35/h2-21,23H,22H2,1H3/b31-20-/t23-/m1/s1. The summed E-state index contributed by atoms with van der Waals surface area (Å²) in [5, 5.41) is 5.59. The number of carbonyl (C=O) groups is 1. The summed E-state index contributed by atoms with van der Waals surface area (Å²) in [7, 11) is 0. The normalized spacial score (nSPS) is 14.9. The highest BCUT2D eigenvalue weighted by Gasteiger charge is 2.36. The first kappa shape index (κ1) is 28.0. The zero-order chi connectivity index (χ0) is 29.1. The van der Waals surface area contributed by atoms with Crippen molar-refractivity contribution < 1.29 is 9.53 Å². The summed E-state index contributed by atoms with van der Waals surface area (Å²) in [5.41, 5.74) is 5.34. The molecule has 8 heteroatoms. The summed E-state index contributed by atoms with van der Waals surface area (Å²) in [5.74, 6) is 0.613. The summed E-state index contributed by atoms with van der Waals surface area (Å²) < 4.78 is 8.35. The fraction of sp³-hybridized carbons (Fsp3) is 0.0882. The highest BCUT2D eigenvalue weighted by atomic mass is 35.5. The first-order chi connectivity index (χ1) is 20.5. The van der Waals surface area contributed by atoms with Gasteiger partial charge in [0.15, 0.2) is 0 Å². The van der Waals surface area contributed by atoms with Crippen molar-refractivity contribution in [2.45, 2.75) is 19.6 Å². The van der Waals surface area contributed by atoms with Gasteiger partial charge in [-0.2, -0.15) is 5.10 Å². The molecule has 0 N–H and O–H groups in total. The Morgan fingerprint density at radius 3 is 2.31 bits per heavy atom. The van der Waals surface area contributed by atoms with E-state index in [2.05, 4.69) is 0 Å². The molecule has 6 rings (SSSR count). The van der Waals surface area contributed by atoms with E-state index in [9.17, 15) is 4.79 Å². The molecular formula is C34H26ClN3O2S2. The molecule has 2 heterocycles. The molecule has 5 aromatic rings. The van der Waals surface area contributed by atoms with Crippen LogP contribution in [0.2, 0.25) is 5.02 Å². The Morgan fingerprint density at radius 2 is 1.60 bits per heavy atom. The third-order valence-electron chi connectivity index (χ3n) is 7.02. The molecule has 1 aliphatic rings. The first-order valence-electron chi connectivity index (χ1n) is 13.4. The molecule has 0 unspecified atom stereocenters. The topological polar surface area (TPSA) is 47.4 Å². The van der Waals surface area contributed by atoms with E-state index in [4.69, 9.17) is 33.7 Å². The second-order valence-electron chi connectivity index (χ2n) is 9.76. The molecule has 1 amide bonds. The summed E-state index contributed by atoms with van der Waals surface area (Å²) in [6.07, 6.45) is 3.83. The minimum atomic E-state index is -0.172. The third-order valence-corrected chi connectivity index (χ3v) is 8.72. The number of nitrogens with zero attached hydrogens (tertiary/aromatic N) is 3. The lowest BCUT2D eigenvalue weighted by Gasteiger charge is -2.23. The molecule has 0 radical (unpaired) electrons. The van der Waals surface area contributed by atoms with Crippen molar-refractivity contribution >= 4 is 51.9 Å². The van der Waals surface area contributed by atoms with Crippen molar-refractivity contribution in [3.63, 3.8) is 0 Å². The maximum Gasteiger partial charge on any atom is 0.266 e. The lowest BCUT2D eigenvalue weighted by molar-refractivity contribution is -0.123. The van der Waals surface area contributed by atoms with E-state index in [1.54, 1.807) is 4.90 Å². The third kappa shape index (κ3) is 5.90. The van der Waals surface area contributed by atoms with Crippen molar-refractivity contribution in [1.82, 2.24) is 14.7 Å². The van der Waals surface area contributed by atoms with Gasteiger partial charge in [0, 0.05) is 27.9 Å². The molecular weight excluding hydrogens is 582 g/mol. The minimum Gasteiger partial charge on any atom is -0.489 e. The van der Waals surface area contributed by atoms with Crippen LogP contribution in [0.4, 0.5) is 0 Å². The second-order valence-corrected chi connectivity index (χ2v) is 11.8. The summed E-state index contributed by atoms with van der Waals surface area (Å²) in [6, 6.07) is 35.1. The molecule has 0 bridgehead atoms. The molecule has 1 aromatic heterocycles. The number of thiocarbonyl (C=S) groups is 1. The number of hydrogen-bond acceptors (Lipinski definition) is 5. The molecule has 1 fully saturated rings. The molecule has 4 aromatic carbocycles. The molecule has 0 spiro atoms. The van der Waals surface area contributed by atoms with Crippen LogP contribution in [0.1, 0.15) is 29.7 Å². The number of thioether (sulfide) groups is 1. The molecule has 1 saturated heterocycles. The van der Waals surface area contributed by atoms with E-state index in [1.165, 1.54) is 11.8 Å². The van der Waals surface area contributed by atoms with Crippen molar-refractivity contribution in [1.29, 1.82) is 0 Å². The van der Waals surface area contributed by atoms with E-state index in [1.807, 2.05) is 133 Å². The van der Waals surface area contributed by atoms with Crippen molar-refractivity contribution in [3.8, 4) is 22.7 Å². The highest BCUT2D eigenvalue weighted by molar-refractivity contribution is 8.26. The molecule has 1 aliphatic heterocycles. The fourth-order valence-corrected chi connectivity index (χ4v) is 6.35. The number of aromatic nitrogens is 2. The average Bonchev–Trinajstić information content (AvgIpc) is 3.57. The van der Waals surface area contributed by atoms with Gasteiger partial charge < -0.3 is 4.74 Å². The van der Waals surface area contributed by atoms with Crippen LogP contribution in [0.25, 0.3) is 23.0 Å². The van der Waals surface area contributed by atoms with Crippen molar-refractivity contribution in [2.75, 3.05) is 0 Å². The Hall–Kier alpha value is -4.17. The average molecular weight is 608 g/mol. The summed E-state index contributed by atoms with van der Waals surface area (Å²) in [4.78, 5) is 15.9. The van der Waals surface area contributed by atoms with Gasteiger partial charge in [0.1, 0.15) is 16.7 Å². The molecule has 0 aliphatic carbocycles. The summed E-state index contributed by atoms with van der Waals surface area (Å²) >= 11 is 13.3. The van der Waals surface area contributed by atoms with E-state index < -0.39 is 0 Å². The van der Waals surface area contributed by atoms with Gasteiger partial charge in [0.05, 0.1) is 22.3 Å². The lowest BCUT2D eigenvalue weighted by Crippen LogP contribution is -2.30. The predicted molar refractivity (Wildman–Crippen MR) is 175 cm³/mol. The number of halogens is 1. The van der Waals surface area contributed by atoms with Crippen LogP contribution in [-0.4, -0.2) is 24.9 Å². The van der Waals surface area contributed by atoms with E-state index >= 15 is 0 Å². The van der Waals surface area contributed by atoms with Gasteiger partial charge in [0.25, 0.3) is 5.91 Å². The quantitative estimate of drug-likeness (QED) is 0.130. The second kappa shape index (κ2) is 12.4. The van der Waals surface area contributed by atoms with E-state index in [0.717, 1.165) is 39.4 Å². The maximum absolute atomic E-state index is 13.6. The van der Waals surface area contributed by atoms with Crippen LogP contribution in [0.15, 0.2) is 120 Å². The van der Waals surface area contributed by atoms with Gasteiger partial charge in [-0.15, -0.1) is 0 Å². The Balaban J connectivity index is 1.31. The number of ether oxygens (including phenoxy) is 1. The van der Waals surface area contributed by atoms with Crippen LogP contribution < -0.4 is 4.74 Å². The van der Waals surface area contributed by atoms with Gasteiger partial charge in [-0.05, 0) is 61.0 Å². The smallest absolute Gasteiger partial charge is 0.266 e. The number of rotatable bonds is 8. The largest absolute Gasteiger partial charge is 0.489 e. The molecule has 208 valence electrons. The van der Waals surface area contributed by atoms with Crippen LogP contribution in [0.5, 0.6) is 5.75 Å². The highest BCUT2D eigenvalue weighted by Crippen LogP contribution is 2.39. The predicted octanol–water partition coefficient (Wildman–Crippen LogP) is 8.73. The van der Waals surface area contributed by atoms with Crippen LogP contribution in [0, 0.1) is 0 Å². The van der Waals surface area contributed by atoms with Gasteiger partial charge in [-0.25, -0.2) is 4.68 Å². The monoisotopic (exact) mass is 607 g/mol. The molecule has 1 atom stereocenters. The van der Waals surface area contributed by atoms with Crippen molar-refractivity contribution in [2.24, 2.45) is 0 Å². The number of amides is 1. The zero-order valence-corrected chi connectivity index (χ0v) is 25.1. The zero-order valence-electron chi connectivity index (χ0n) is 22.7. The number of carbonyl (C=O) groups excluding carboxylic acids is 1. The van der Waals surface area contributed by atoms with Gasteiger partial charge in [-0.1, -0.05) is 102 Å². The van der Waals surface area contributed by atoms with Gasteiger partial charge >= 0.3 is 0 Å². The molecule has 5 nitrogen and oxygen atoms in total. The van der Waals surface area contributed by atoms with Crippen LogP contribution in [0.3, 0.4) is 0 Å². The summed E-state index contributed by atoms with van der Waals surface area (Å²) in [6.45, 7) is 2.37. The SMILES string of the molecule is C[C@H](c1ccccc1)N1C(=O)/C(=C/c2cn(-c3ccccc3)nc2-c2ccc(OCc3ccccc3Cl)cc2)SC1=S. The van der Waals surface area contributed by atoms with Gasteiger partial charge in [0.2, 0.25) is 0 Å². The number of benzene rings is 4. The Kier molecular flexibility index (Phi) is 8.24. The maximum atomic E-state index is 13.6. The Bertz CT molecular complexity index is 1770. The Labute approximate surface area is 259 Å². The first-order valence-corrected chi connectivity index (χ1v) is 15.0. The number of para-hydroxylation sites is 1. The lowest BCUT2D eigenvalue weighted by atomic mass is 10.1.